The second-order valence-corrected chi connectivity index (χ2v) is 5.75. The summed E-state index contributed by atoms with van der Waals surface area (Å²) < 4.78 is 35.6. The molecule has 3 amide bonds. The maximum Gasteiger partial charge on any atom is 0.405 e. The monoisotopic (exact) mass is 323 g/mol. The summed E-state index contributed by atoms with van der Waals surface area (Å²) >= 11 is 0. The summed E-state index contributed by atoms with van der Waals surface area (Å²) in [5.74, 6) is 0.353. The molecular formula is C14H24F3N3O2. The van der Waals surface area contributed by atoms with Crippen LogP contribution in [-0.2, 0) is 4.79 Å². The normalized spacial score (nSPS) is 22.0. The number of amides is 3. The Morgan fingerprint density at radius 2 is 1.59 bits per heavy atom. The lowest BCUT2D eigenvalue weighted by Gasteiger charge is -2.27. The Labute approximate surface area is 128 Å². The Bertz CT molecular complexity index is 367. The van der Waals surface area contributed by atoms with Gasteiger partial charge >= 0.3 is 12.2 Å². The van der Waals surface area contributed by atoms with Crippen LogP contribution in [-0.4, -0.2) is 37.7 Å². The third-order valence-electron chi connectivity index (χ3n) is 3.99. The van der Waals surface area contributed by atoms with E-state index in [0.29, 0.717) is 12.5 Å². The zero-order valence-electron chi connectivity index (χ0n) is 12.8. The first-order valence-electron chi connectivity index (χ1n) is 7.65. The first-order valence-corrected chi connectivity index (χ1v) is 7.65. The molecule has 0 bridgehead atoms. The number of hydrogen-bond donors (Lipinski definition) is 3. The van der Waals surface area contributed by atoms with Gasteiger partial charge in [0.05, 0.1) is 6.54 Å². The summed E-state index contributed by atoms with van der Waals surface area (Å²) in [7, 11) is 0. The van der Waals surface area contributed by atoms with Gasteiger partial charge in [-0.3, -0.25) is 4.79 Å². The third kappa shape index (κ3) is 8.09. The van der Waals surface area contributed by atoms with E-state index >= 15 is 0 Å². The number of carbonyl (C=O) groups excluding carboxylic acids is 2. The Morgan fingerprint density at radius 3 is 2.14 bits per heavy atom. The topological polar surface area (TPSA) is 70.2 Å². The molecule has 0 radical (unpaired) electrons. The van der Waals surface area contributed by atoms with Crippen molar-refractivity contribution in [2.75, 3.05) is 19.6 Å². The molecule has 0 heterocycles. The molecule has 0 spiro atoms. The van der Waals surface area contributed by atoms with E-state index in [1.54, 1.807) is 5.32 Å². The van der Waals surface area contributed by atoms with E-state index in [1.165, 1.54) is 19.3 Å². The summed E-state index contributed by atoms with van der Waals surface area (Å²) in [6.07, 6.45) is 1.23. The summed E-state index contributed by atoms with van der Waals surface area (Å²) in [5, 5.41) is 6.60. The first kappa shape index (κ1) is 18.6. The van der Waals surface area contributed by atoms with Crippen LogP contribution in [0.15, 0.2) is 0 Å². The van der Waals surface area contributed by atoms with Crippen molar-refractivity contribution in [3.63, 3.8) is 0 Å². The minimum Gasteiger partial charge on any atom is -0.345 e. The predicted molar refractivity (Wildman–Crippen MR) is 76.2 cm³/mol. The van der Waals surface area contributed by atoms with Gasteiger partial charge in [-0.25, -0.2) is 4.79 Å². The van der Waals surface area contributed by atoms with Crippen molar-refractivity contribution in [3.8, 4) is 0 Å². The van der Waals surface area contributed by atoms with Gasteiger partial charge in [0.1, 0.15) is 6.54 Å². The lowest BCUT2D eigenvalue weighted by atomic mass is 9.81. The Hall–Kier alpha value is -1.47. The van der Waals surface area contributed by atoms with Crippen molar-refractivity contribution in [3.05, 3.63) is 0 Å². The zero-order chi connectivity index (χ0) is 16.6. The highest BCUT2D eigenvalue weighted by Crippen LogP contribution is 2.29. The molecule has 0 aliphatic heterocycles. The van der Waals surface area contributed by atoms with Gasteiger partial charge in [-0.15, -0.1) is 0 Å². The van der Waals surface area contributed by atoms with E-state index in [4.69, 9.17) is 0 Å². The Morgan fingerprint density at radius 1 is 1.00 bits per heavy atom. The fourth-order valence-electron chi connectivity index (χ4n) is 2.57. The fourth-order valence-corrected chi connectivity index (χ4v) is 2.57. The molecule has 0 aromatic carbocycles. The highest BCUT2D eigenvalue weighted by Gasteiger charge is 2.27. The first-order chi connectivity index (χ1) is 10.3. The molecule has 0 aromatic rings. The largest absolute Gasteiger partial charge is 0.405 e. The molecule has 1 aliphatic carbocycles. The molecule has 128 valence electrons. The lowest BCUT2D eigenvalue weighted by Crippen LogP contribution is -2.45. The van der Waals surface area contributed by atoms with Gasteiger partial charge in [-0.05, 0) is 24.7 Å². The van der Waals surface area contributed by atoms with Gasteiger partial charge in [0.25, 0.3) is 0 Å². The van der Waals surface area contributed by atoms with Crippen molar-refractivity contribution >= 4 is 11.9 Å². The van der Waals surface area contributed by atoms with Gasteiger partial charge in [0.15, 0.2) is 0 Å². The molecule has 0 unspecified atom stereocenters. The smallest absolute Gasteiger partial charge is 0.345 e. The molecule has 5 nitrogen and oxygen atoms in total. The second-order valence-electron chi connectivity index (χ2n) is 5.75. The number of urea groups is 1. The SMILES string of the molecule is CCC1CCC(CNC(=O)NCC(=O)NCC(F)(F)F)CC1. The van der Waals surface area contributed by atoms with Crippen LogP contribution in [0.25, 0.3) is 0 Å². The van der Waals surface area contributed by atoms with Crippen LogP contribution in [0.5, 0.6) is 0 Å². The van der Waals surface area contributed by atoms with E-state index in [1.807, 2.05) is 0 Å². The average Bonchev–Trinajstić information content (AvgIpc) is 2.48. The molecule has 0 saturated heterocycles. The van der Waals surface area contributed by atoms with Crippen molar-refractivity contribution in [2.45, 2.75) is 45.2 Å². The summed E-state index contributed by atoms with van der Waals surface area (Å²) in [4.78, 5) is 22.6. The van der Waals surface area contributed by atoms with E-state index < -0.39 is 31.2 Å². The zero-order valence-corrected chi connectivity index (χ0v) is 12.8. The maximum atomic E-state index is 11.9. The van der Waals surface area contributed by atoms with Crippen LogP contribution in [0.2, 0.25) is 0 Å². The Balaban J connectivity index is 2.10. The van der Waals surface area contributed by atoms with Crippen molar-refractivity contribution in [1.82, 2.24) is 16.0 Å². The van der Waals surface area contributed by atoms with Crippen LogP contribution in [0.3, 0.4) is 0 Å². The molecule has 3 N–H and O–H groups in total. The molecule has 1 saturated carbocycles. The quantitative estimate of drug-likeness (QED) is 0.701. The van der Waals surface area contributed by atoms with Gasteiger partial charge in [0, 0.05) is 6.54 Å². The average molecular weight is 323 g/mol. The minimum absolute atomic E-state index is 0.438. The maximum absolute atomic E-state index is 11.9. The predicted octanol–water partition coefficient (Wildman–Crippen LogP) is 2.18. The summed E-state index contributed by atoms with van der Waals surface area (Å²) in [6.45, 7) is 0.854. The summed E-state index contributed by atoms with van der Waals surface area (Å²) in [5.41, 5.74) is 0. The molecular weight excluding hydrogens is 299 g/mol. The molecule has 1 aliphatic rings. The molecule has 1 fully saturated rings. The van der Waals surface area contributed by atoms with Gasteiger partial charge in [0.2, 0.25) is 5.91 Å². The highest BCUT2D eigenvalue weighted by molar-refractivity contribution is 5.83. The lowest BCUT2D eigenvalue weighted by molar-refractivity contribution is -0.137. The van der Waals surface area contributed by atoms with Crippen LogP contribution in [0.4, 0.5) is 18.0 Å². The number of alkyl halides is 3. The van der Waals surface area contributed by atoms with Crippen LogP contribution < -0.4 is 16.0 Å². The van der Waals surface area contributed by atoms with Crippen molar-refractivity contribution in [2.24, 2.45) is 11.8 Å². The third-order valence-corrected chi connectivity index (χ3v) is 3.99. The van der Waals surface area contributed by atoms with Crippen LogP contribution in [0.1, 0.15) is 39.0 Å². The fraction of sp³-hybridized carbons (Fsp3) is 0.857. The number of carbonyl (C=O) groups is 2. The second kappa shape index (κ2) is 8.85. The molecule has 0 aromatic heterocycles. The number of rotatable bonds is 6. The minimum atomic E-state index is -4.45. The van der Waals surface area contributed by atoms with E-state index in [9.17, 15) is 22.8 Å². The van der Waals surface area contributed by atoms with E-state index in [0.717, 1.165) is 18.8 Å². The number of hydrogen-bond acceptors (Lipinski definition) is 2. The number of nitrogens with one attached hydrogen (secondary N) is 3. The van der Waals surface area contributed by atoms with E-state index in [2.05, 4.69) is 17.6 Å². The van der Waals surface area contributed by atoms with Crippen molar-refractivity contribution in [1.29, 1.82) is 0 Å². The van der Waals surface area contributed by atoms with Crippen LogP contribution >= 0.6 is 0 Å². The van der Waals surface area contributed by atoms with Crippen molar-refractivity contribution < 1.29 is 22.8 Å². The molecule has 0 atom stereocenters. The van der Waals surface area contributed by atoms with Gasteiger partial charge < -0.3 is 16.0 Å². The number of halogens is 3. The molecule has 1 rings (SSSR count). The van der Waals surface area contributed by atoms with Gasteiger partial charge in [-0.2, -0.15) is 13.2 Å². The Kier molecular flexibility index (Phi) is 7.47. The van der Waals surface area contributed by atoms with Gasteiger partial charge in [-0.1, -0.05) is 26.2 Å². The summed E-state index contributed by atoms with van der Waals surface area (Å²) in [6, 6.07) is -0.528. The highest BCUT2D eigenvalue weighted by atomic mass is 19.4. The standard InChI is InChI=1S/C14H24F3N3O2/c1-2-10-3-5-11(6-4-10)7-18-13(22)19-8-12(21)20-9-14(15,16)17/h10-11H,2-9H2,1H3,(H,20,21)(H2,18,19,22). The van der Waals surface area contributed by atoms with Crippen LogP contribution in [0, 0.1) is 11.8 Å². The van der Waals surface area contributed by atoms with E-state index in [-0.39, 0.29) is 0 Å². The molecule has 8 heteroatoms. The molecule has 22 heavy (non-hydrogen) atoms.